The molecule has 0 fully saturated rings. The van der Waals surface area contributed by atoms with Gasteiger partial charge in [0.05, 0.1) is 5.56 Å². The topological polar surface area (TPSA) is 42.0 Å². The standard InChI is InChI=1S/C12H7Br2FN2O/c13-7-3-1-4-8(15)11(7)12(18)17-10-6-2-5-9(14)16-10/h1-6H,(H,16,17,18). The third kappa shape index (κ3) is 2.94. The van der Waals surface area contributed by atoms with Crippen LogP contribution < -0.4 is 5.32 Å². The largest absolute Gasteiger partial charge is 0.306 e. The van der Waals surface area contributed by atoms with E-state index in [-0.39, 0.29) is 5.56 Å². The Morgan fingerprint density at radius 3 is 2.56 bits per heavy atom. The molecule has 0 spiro atoms. The Bertz CT molecular complexity index is 584. The van der Waals surface area contributed by atoms with E-state index in [1.165, 1.54) is 12.1 Å². The molecule has 92 valence electrons. The number of hydrogen-bond acceptors (Lipinski definition) is 2. The van der Waals surface area contributed by atoms with Gasteiger partial charge in [0.2, 0.25) is 0 Å². The lowest BCUT2D eigenvalue weighted by Gasteiger charge is -2.07. The summed E-state index contributed by atoms with van der Waals surface area (Å²) in [5, 5.41) is 2.53. The van der Waals surface area contributed by atoms with Crippen molar-refractivity contribution in [3.8, 4) is 0 Å². The highest BCUT2D eigenvalue weighted by atomic mass is 79.9. The van der Waals surface area contributed by atoms with Gasteiger partial charge in [-0.2, -0.15) is 0 Å². The van der Waals surface area contributed by atoms with E-state index in [4.69, 9.17) is 0 Å². The number of anilines is 1. The molecule has 1 amide bonds. The molecule has 0 saturated heterocycles. The van der Waals surface area contributed by atoms with Crippen molar-refractivity contribution >= 4 is 43.6 Å². The number of hydrogen-bond donors (Lipinski definition) is 1. The Morgan fingerprint density at radius 1 is 1.17 bits per heavy atom. The number of benzene rings is 1. The van der Waals surface area contributed by atoms with Crippen molar-refractivity contribution in [1.82, 2.24) is 4.98 Å². The van der Waals surface area contributed by atoms with Crippen LogP contribution in [0.3, 0.4) is 0 Å². The van der Waals surface area contributed by atoms with Gasteiger partial charge in [-0.1, -0.05) is 12.1 Å². The van der Waals surface area contributed by atoms with E-state index in [9.17, 15) is 9.18 Å². The highest BCUT2D eigenvalue weighted by molar-refractivity contribution is 9.10. The van der Waals surface area contributed by atoms with E-state index in [1.807, 2.05) is 0 Å². The van der Waals surface area contributed by atoms with E-state index in [2.05, 4.69) is 42.2 Å². The van der Waals surface area contributed by atoms with Crippen LogP contribution in [0.1, 0.15) is 10.4 Å². The number of amides is 1. The Hall–Kier alpha value is -1.27. The van der Waals surface area contributed by atoms with E-state index < -0.39 is 11.7 Å². The van der Waals surface area contributed by atoms with Crippen LogP contribution in [0.25, 0.3) is 0 Å². The van der Waals surface area contributed by atoms with Crippen LogP contribution in [0, 0.1) is 5.82 Å². The molecule has 0 unspecified atom stereocenters. The predicted molar refractivity (Wildman–Crippen MR) is 74.0 cm³/mol. The number of carbonyl (C=O) groups is 1. The summed E-state index contributed by atoms with van der Waals surface area (Å²) >= 11 is 6.34. The van der Waals surface area contributed by atoms with Gasteiger partial charge in [-0.25, -0.2) is 9.37 Å². The lowest BCUT2D eigenvalue weighted by molar-refractivity contribution is 0.102. The Labute approximate surface area is 120 Å². The van der Waals surface area contributed by atoms with Gasteiger partial charge in [0.25, 0.3) is 5.91 Å². The fraction of sp³-hybridized carbons (Fsp3) is 0. The molecule has 1 aromatic heterocycles. The lowest BCUT2D eigenvalue weighted by atomic mass is 10.2. The van der Waals surface area contributed by atoms with Gasteiger partial charge >= 0.3 is 0 Å². The summed E-state index contributed by atoms with van der Waals surface area (Å²) in [5.74, 6) is -0.785. The second-order valence-corrected chi connectivity index (χ2v) is 5.06. The first kappa shape index (κ1) is 13.2. The zero-order chi connectivity index (χ0) is 13.1. The summed E-state index contributed by atoms with van der Waals surface area (Å²) in [6.45, 7) is 0. The SMILES string of the molecule is O=C(Nc1cccc(Br)n1)c1c(F)cccc1Br. The molecule has 1 aromatic carbocycles. The molecule has 0 atom stereocenters. The summed E-state index contributed by atoms with van der Waals surface area (Å²) < 4.78 is 14.6. The Kier molecular flexibility index (Phi) is 4.08. The van der Waals surface area contributed by atoms with Gasteiger partial charge in [-0.3, -0.25) is 4.79 Å². The summed E-state index contributed by atoms with van der Waals surface area (Å²) in [6, 6.07) is 9.43. The smallest absolute Gasteiger partial charge is 0.260 e. The number of halogens is 3. The third-order valence-electron chi connectivity index (χ3n) is 2.15. The first-order chi connectivity index (χ1) is 8.58. The predicted octanol–water partition coefficient (Wildman–Crippen LogP) is 4.00. The zero-order valence-corrected chi connectivity index (χ0v) is 12.1. The number of rotatable bonds is 2. The van der Waals surface area contributed by atoms with Gasteiger partial charge in [-0.15, -0.1) is 0 Å². The maximum Gasteiger partial charge on any atom is 0.260 e. The van der Waals surface area contributed by atoms with Gasteiger partial charge in [0.15, 0.2) is 0 Å². The highest BCUT2D eigenvalue weighted by Crippen LogP contribution is 2.21. The summed E-state index contributed by atoms with van der Waals surface area (Å²) in [6.07, 6.45) is 0. The van der Waals surface area contributed by atoms with Crippen molar-refractivity contribution in [2.24, 2.45) is 0 Å². The van der Waals surface area contributed by atoms with Gasteiger partial charge < -0.3 is 5.32 Å². The maximum absolute atomic E-state index is 13.6. The minimum Gasteiger partial charge on any atom is -0.306 e. The van der Waals surface area contributed by atoms with Crippen molar-refractivity contribution < 1.29 is 9.18 Å². The number of nitrogens with zero attached hydrogens (tertiary/aromatic N) is 1. The summed E-state index contributed by atoms with van der Waals surface area (Å²) in [4.78, 5) is 16.0. The molecule has 18 heavy (non-hydrogen) atoms. The number of pyridine rings is 1. The lowest BCUT2D eigenvalue weighted by Crippen LogP contribution is -2.15. The quantitative estimate of drug-likeness (QED) is 0.808. The fourth-order valence-corrected chi connectivity index (χ4v) is 2.24. The molecular weight excluding hydrogens is 367 g/mol. The fourth-order valence-electron chi connectivity index (χ4n) is 1.37. The molecule has 0 saturated carbocycles. The first-order valence-electron chi connectivity index (χ1n) is 4.96. The van der Waals surface area contributed by atoms with Crippen molar-refractivity contribution in [2.45, 2.75) is 0 Å². The minimum atomic E-state index is -0.586. The first-order valence-corrected chi connectivity index (χ1v) is 6.54. The van der Waals surface area contributed by atoms with Gasteiger partial charge in [0.1, 0.15) is 16.2 Å². The third-order valence-corrected chi connectivity index (χ3v) is 3.25. The average molecular weight is 374 g/mol. The van der Waals surface area contributed by atoms with Crippen LogP contribution in [0.2, 0.25) is 0 Å². The van der Waals surface area contributed by atoms with Crippen molar-refractivity contribution in [1.29, 1.82) is 0 Å². The molecule has 2 aromatic rings. The number of nitrogens with one attached hydrogen (secondary N) is 1. The molecule has 2 rings (SSSR count). The van der Waals surface area contributed by atoms with Crippen LogP contribution in [-0.4, -0.2) is 10.9 Å². The van der Waals surface area contributed by atoms with E-state index >= 15 is 0 Å². The molecule has 1 N–H and O–H groups in total. The molecule has 1 heterocycles. The Morgan fingerprint density at radius 2 is 1.89 bits per heavy atom. The summed E-state index contributed by atoms with van der Waals surface area (Å²) in [5.41, 5.74) is -0.0423. The molecule has 0 bridgehead atoms. The molecule has 6 heteroatoms. The monoisotopic (exact) mass is 372 g/mol. The van der Waals surface area contributed by atoms with E-state index in [1.54, 1.807) is 24.3 Å². The number of aromatic nitrogens is 1. The molecule has 0 aliphatic rings. The normalized spacial score (nSPS) is 10.2. The van der Waals surface area contributed by atoms with Crippen molar-refractivity contribution in [3.63, 3.8) is 0 Å². The van der Waals surface area contributed by atoms with Gasteiger partial charge in [0, 0.05) is 4.47 Å². The van der Waals surface area contributed by atoms with Crippen LogP contribution in [-0.2, 0) is 0 Å². The average Bonchev–Trinajstić information content (AvgIpc) is 2.28. The van der Waals surface area contributed by atoms with Crippen molar-refractivity contribution in [3.05, 3.63) is 56.9 Å². The maximum atomic E-state index is 13.6. The molecule has 0 radical (unpaired) electrons. The van der Waals surface area contributed by atoms with Gasteiger partial charge in [-0.05, 0) is 56.1 Å². The molecular formula is C12H7Br2FN2O. The van der Waals surface area contributed by atoms with Crippen LogP contribution in [0.5, 0.6) is 0 Å². The second kappa shape index (κ2) is 5.58. The summed E-state index contributed by atoms with van der Waals surface area (Å²) in [7, 11) is 0. The molecule has 0 aliphatic carbocycles. The highest BCUT2D eigenvalue weighted by Gasteiger charge is 2.15. The van der Waals surface area contributed by atoms with Crippen LogP contribution in [0.4, 0.5) is 10.2 Å². The molecule has 0 aliphatic heterocycles. The van der Waals surface area contributed by atoms with E-state index in [0.717, 1.165) is 0 Å². The minimum absolute atomic E-state index is 0.0423. The Balaban J connectivity index is 2.28. The van der Waals surface area contributed by atoms with Crippen LogP contribution >= 0.6 is 31.9 Å². The van der Waals surface area contributed by atoms with Crippen molar-refractivity contribution in [2.75, 3.05) is 5.32 Å². The second-order valence-electron chi connectivity index (χ2n) is 3.40. The zero-order valence-electron chi connectivity index (χ0n) is 8.95. The van der Waals surface area contributed by atoms with E-state index in [0.29, 0.717) is 14.9 Å². The van der Waals surface area contributed by atoms with Crippen LogP contribution in [0.15, 0.2) is 45.5 Å². The molecule has 3 nitrogen and oxygen atoms in total. The number of carbonyl (C=O) groups excluding carboxylic acids is 1.